The van der Waals surface area contributed by atoms with Crippen molar-refractivity contribution >= 4 is 22.6 Å². The maximum absolute atomic E-state index is 13.8. The molecule has 7 heteroatoms. The Hall–Kier alpha value is -1.95. The van der Waals surface area contributed by atoms with Gasteiger partial charge in [-0.05, 0) is 18.6 Å². The number of fused-ring (bicyclic) bond motifs is 1. The fourth-order valence-corrected chi connectivity index (χ4v) is 2.60. The number of nitrogens with zero attached hydrogens (tertiary/aromatic N) is 5. The zero-order chi connectivity index (χ0) is 14.7. The molecular weight excluding hydrogens is 293 g/mol. The van der Waals surface area contributed by atoms with Crippen LogP contribution in [0.3, 0.4) is 0 Å². The van der Waals surface area contributed by atoms with E-state index in [0.717, 1.165) is 30.9 Å². The Kier molecular flexibility index (Phi) is 4.15. The first-order valence-corrected chi connectivity index (χ1v) is 7.36. The fourth-order valence-electron chi connectivity index (χ4n) is 2.43. The summed E-state index contributed by atoms with van der Waals surface area (Å²) in [5.74, 6) is 0.996. The summed E-state index contributed by atoms with van der Waals surface area (Å²) >= 11 is 5.82. The highest BCUT2D eigenvalue weighted by atomic mass is 35.5. The first kappa shape index (κ1) is 14.0. The van der Waals surface area contributed by atoms with Crippen LogP contribution in [0.2, 0.25) is 0 Å². The van der Waals surface area contributed by atoms with Gasteiger partial charge in [0.05, 0.1) is 11.7 Å². The van der Waals surface area contributed by atoms with E-state index in [1.165, 1.54) is 6.07 Å². The second kappa shape index (κ2) is 6.22. The maximum atomic E-state index is 13.8. The lowest BCUT2D eigenvalue weighted by Crippen LogP contribution is -2.08. The van der Waals surface area contributed by atoms with Gasteiger partial charge in [0.2, 0.25) is 0 Å². The molecule has 0 spiro atoms. The quantitative estimate of drug-likeness (QED) is 0.658. The molecule has 0 aliphatic heterocycles. The number of imidazole rings is 1. The van der Waals surface area contributed by atoms with Crippen molar-refractivity contribution in [2.45, 2.75) is 25.9 Å². The standard InChI is InChI=1S/C14H15ClFN5/c15-6-5-13-18-14-11(16)3-1-4-12(14)21(13)9-2-8-20-10-7-17-19-20/h1,3-4,7,10H,2,5-6,8-9H2. The van der Waals surface area contributed by atoms with Crippen molar-refractivity contribution in [3.8, 4) is 0 Å². The summed E-state index contributed by atoms with van der Waals surface area (Å²) < 4.78 is 17.7. The molecule has 0 unspecified atom stereocenters. The normalized spacial score (nSPS) is 11.3. The number of benzene rings is 1. The lowest BCUT2D eigenvalue weighted by molar-refractivity contribution is 0.512. The summed E-state index contributed by atoms with van der Waals surface area (Å²) in [5, 5.41) is 7.70. The number of rotatable bonds is 6. The minimum atomic E-state index is -0.293. The lowest BCUT2D eigenvalue weighted by Gasteiger charge is -2.08. The molecule has 2 heterocycles. The maximum Gasteiger partial charge on any atom is 0.151 e. The zero-order valence-corrected chi connectivity index (χ0v) is 12.2. The number of aromatic nitrogens is 5. The van der Waals surface area contributed by atoms with Gasteiger partial charge in [0, 0.05) is 31.6 Å². The van der Waals surface area contributed by atoms with Crippen LogP contribution in [0.4, 0.5) is 4.39 Å². The Morgan fingerprint density at radius 3 is 2.90 bits per heavy atom. The number of hydrogen-bond acceptors (Lipinski definition) is 3. The molecule has 0 saturated heterocycles. The van der Waals surface area contributed by atoms with Gasteiger partial charge in [-0.3, -0.25) is 4.68 Å². The Balaban J connectivity index is 1.84. The van der Waals surface area contributed by atoms with E-state index < -0.39 is 0 Å². The van der Waals surface area contributed by atoms with Gasteiger partial charge in [-0.15, -0.1) is 16.7 Å². The Labute approximate surface area is 126 Å². The molecule has 0 saturated carbocycles. The Morgan fingerprint density at radius 2 is 2.14 bits per heavy atom. The van der Waals surface area contributed by atoms with E-state index in [1.54, 1.807) is 16.9 Å². The Morgan fingerprint density at radius 1 is 1.24 bits per heavy atom. The summed E-state index contributed by atoms with van der Waals surface area (Å²) in [7, 11) is 0. The molecule has 0 fully saturated rings. The zero-order valence-electron chi connectivity index (χ0n) is 11.4. The summed E-state index contributed by atoms with van der Waals surface area (Å²) in [6.45, 7) is 1.50. The third-order valence-electron chi connectivity index (χ3n) is 3.37. The van der Waals surface area contributed by atoms with Crippen molar-refractivity contribution < 1.29 is 4.39 Å². The third kappa shape index (κ3) is 2.90. The number of halogens is 2. The number of para-hydroxylation sites is 1. The molecule has 0 aliphatic rings. The van der Waals surface area contributed by atoms with Gasteiger partial charge in [-0.25, -0.2) is 9.37 Å². The molecule has 0 bridgehead atoms. The SMILES string of the molecule is Fc1cccc2c1nc(CCCl)n2CCCn1ccnn1. The van der Waals surface area contributed by atoms with E-state index in [4.69, 9.17) is 11.6 Å². The van der Waals surface area contributed by atoms with E-state index in [1.807, 2.05) is 16.8 Å². The molecule has 0 amide bonds. The average molecular weight is 308 g/mol. The van der Waals surface area contributed by atoms with E-state index in [2.05, 4.69) is 15.3 Å². The van der Waals surface area contributed by atoms with Crippen LogP contribution in [0.1, 0.15) is 12.2 Å². The topological polar surface area (TPSA) is 48.5 Å². The van der Waals surface area contributed by atoms with Crippen LogP contribution in [-0.2, 0) is 19.5 Å². The van der Waals surface area contributed by atoms with E-state index in [-0.39, 0.29) is 5.82 Å². The third-order valence-corrected chi connectivity index (χ3v) is 3.56. The minimum absolute atomic E-state index is 0.293. The van der Waals surface area contributed by atoms with Gasteiger partial charge in [-0.1, -0.05) is 11.3 Å². The van der Waals surface area contributed by atoms with Gasteiger partial charge < -0.3 is 4.57 Å². The van der Waals surface area contributed by atoms with Crippen LogP contribution in [-0.4, -0.2) is 30.4 Å². The molecule has 1 aromatic carbocycles. The van der Waals surface area contributed by atoms with Gasteiger partial charge in [0.15, 0.2) is 5.82 Å². The molecule has 3 rings (SSSR count). The summed E-state index contributed by atoms with van der Waals surface area (Å²) in [6.07, 6.45) is 4.96. The number of hydrogen-bond donors (Lipinski definition) is 0. The highest BCUT2D eigenvalue weighted by Gasteiger charge is 2.13. The van der Waals surface area contributed by atoms with Gasteiger partial charge in [0.25, 0.3) is 0 Å². The van der Waals surface area contributed by atoms with Crippen LogP contribution >= 0.6 is 11.6 Å². The second-order valence-corrected chi connectivity index (χ2v) is 5.12. The Bertz CT molecular complexity index is 722. The number of aryl methyl sites for hydroxylation is 3. The molecule has 0 radical (unpaired) electrons. The van der Waals surface area contributed by atoms with Gasteiger partial charge in [-0.2, -0.15) is 0 Å². The van der Waals surface area contributed by atoms with Crippen LogP contribution in [0, 0.1) is 5.82 Å². The van der Waals surface area contributed by atoms with Crippen LogP contribution in [0.25, 0.3) is 11.0 Å². The summed E-state index contributed by atoms with van der Waals surface area (Å²) in [5.41, 5.74) is 1.23. The molecule has 3 aromatic rings. The first-order valence-electron chi connectivity index (χ1n) is 6.83. The average Bonchev–Trinajstić information content (AvgIpc) is 3.09. The molecule has 0 atom stereocenters. The van der Waals surface area contributed by atoms with E-state index >= 15 is 0 Å². The van der Waals surface area contributed by atoms with Crippen LogP contribution < -0.4 is 0 Å². The summed E-state index contributed by atoms with van der Waals surface area (Å²) in [4.78, 5) is 4.39. The number of alkyl halides is 1. The highest BCUT2D eigenvalue weighted by molar-refractivity contribution is 6.17. The molecule has 0 N–H and O–H groups in total. The molecular formula is C14H15ClFN5. The summed E-state index contributed by atoms with van der Waals surface area (Å²) in [6, 6.07) is 5.02. The van der Waals surface area contributed by atoms with Crippen molar-refractivity contribution in [1.82, 2.24) is 24.5 Å². The van der Waals surface area contributed by atoms with Crippen molar-refractivity contribution in [2.75, 3.05) is 5.88 Å². The van der Waals surface area contributed by atoms with Gasteiger partial charge in [0.1, 0.15) is 11.3 Å². The molecule has 2 aromatic heterocycles. The monoisotopic (exact) mass is 307 g/mol. The molecule has 5 nitrogen and oxygen atoms in total. The highest BCUT2D eigenvalue weighted by Crippen LogP contribution is 2.20. The molecule has 110 valence electrons. The molecule has 21 heavy (non-hydrogen) atoms. The van der Waals surface area contributed by atoms with E-state index in [9.17, 15) is 4.39 Å². The fraction of sp³-hybridized carbons (Fsp3) is 0.357. The van der Waals surface area contributed by atoms with Crippen molar-refractivity contribution in [1.29, 1.82) is 0 Å². The van der Waals surface area contributed by atoms with Crippen LogP contribution in [0.15, 0.2) is 30.6 Å². The smallest absolute Gasteiger partial charge is 0.151 e. The lowest BCUT2D eigenvalue weighted by atomic mass is 10.3. The van der Waals surface area contributed by atoms with Gasteiger partial charge >= 0.3 is 0 Å². The van der Waals surface area contributed by atoms with Crippen molar-refractivity contribution in [3.63, 3.8) is 0 Å². The van der Waals surface area contributed by atoms with Crippen molar-refractivity contribution in [2.24, 2.45) is 0 Å². The second-order valence-electron chi connectivity index (χ2n) is 4.75. The largest absolute Gasteiger partial charge is 0.328 e. The van der Waals surface area contributed by atoms with Crippen LogP contribution in [0.5, 0.6) is 0 Å². The van der Waals surface area contributed by atoms with Crippen molar-refractivity contribution in [3.05, 3.63) is 42.2 Å². The predicted molar refractivity (Wildman–Crippen MR) is 78.8 cm³/mol. The molecule has 0 aliphatic carbocycles. The van der Waals surface area contributed by atoms with E-state index in [0.29, 0.717) is 17.8 Å². The first-order chi connectivity index (χ1) is 10.3. The predicted octanol–water partition coefficient (Wildman–Crippen LogP) is 2.64. The minimum Gasteiger partial charge on any atom is -0.328 e.